The van der Waals surface area contributed by atoms with E-state index in [1.807, 2.05) is 42.3 Å². The third-order valence-electron chi connectivity index (χ3n) is 4.16. The Hall–Kier alpha value is -2.34. The van der Waals surface area contributed by atoms with Gasteiger partial charge in [-0.1, -0.05) is 5.16 Å². The number of carbonyl (C=O) groups is 1. The van der Waals surface area contributed by atoms with E-state index in [0.29, 0.717) is 12.1 Å². The zero-order chi connectivity index (χ0) is 16.1. The highest BCUT2D eigenvalue weighted by atomic mass is 16.5. The summed E-state index contributed by atoms with van der Waals surface area (Å²) in [6.45, 7) is 2.05. The Morgan fingerprint density at radius 3 is 2.65 bits per heavy atom. The molecular formula is C17H21N3O3. The zero-order valence-electron chi connectivity index (χ0n) is 13.2. The molecule has 1 aliphatic heterocycles. The lowest BCUT2D eigenvalue weighted by Gasteiger charge is -2.31. The van der Waals surface area contributed by atoms with Crippen molar-refractivity contribution < 1.29 is 14.1 Å². The number of nitrogens with zero attached hydrogens (tertiary/aromatic N) is 2. The monoisotopic (exact) mass is 315 g/mol. The lowest BCUT2D eigenvalue weighted by molar-refractivity contribution is 0.0362. The minimum Gasteiger partial charge on any atom is -0.381 e. The fraction of sp³-hybridized carbons (Fsp3) is 0.412. The van der Waals surface area contributed by atoms with E-state index < -0.39 is 0 Å². The number of benzene rings is 1. The molecule has 122 valence electrons. The molecule has 6 nitrogen and oxygen atoms in total. The third-order valence-corrected chi connectivity index (χ3v) is 4.16. The molecule has 1 saturated heterocycles. The van der Waals surface area contributed by atoms with Crippen molar-refractivity contribution in [1.29, 1.82) is 0 Å². The normalized spacial score (nSPS) is 15.3. The van der Waals surface area contributed by atoms with Crippen LogP contribution in [0.25, 0.3) is 0 Å². The van der Waals surface area contributed by atoms with E-state index in [9.17, 15) is 4.79 Å². The van der Waals surface area contributed by atoms with Gasteiger partial charge in [-0.3, -0.25) is 4.79 Å². The quantitative estimate of drug-likeness (QED) is 0.918. The van der Waals surface area contributed by atoms with Crippen LogP contribution in [-0.4, -0.2) is 42.3 Å². The Labute approximate surface area is 135 Å². The summed E-state index contributed by atoms with van der Waals surface area (Å²) in [6, 6.07) is 9.59. The maximum absolute atomic E-state index is 12.5. The molecule has 0 bridgehead atoms. The van der Waals surface area contributed by atoms with Gasteiger partial charge < -0.3 is 19.5 Å². The van der Waals surface area contributed by atoms with Gasteiger partial charge in [0.15, 0.2) is 0 Å². The van der Waals surface area contributed by atoms with Crippen LogP contribution in [0.5, 0.6) is 0 Å². The lowest BCUT2D eigenvalue weighted by atomic mass is 10.1. The molecule has 0 atom stereocenters. The second-order valence-corrected chi connectivity index (χ2v) is 5.68. The van der Waals surface area contributed by atoms with E-state index in [1.54, 1.807) is 6.26 Å². The summed E-state index contributed by atoms with van der Waals surface area (Å²) < 4.78 is 10.1. The maximum atomic E-state index is 12.5. The first-order chi connectivity index (χ1) is 11.2. The van der Waals surface area contributed by atoms with Crippen molar-refractivity contribution in [2.75, 3.05) is 25.6 Å². The van der Waals surface area contributed by atoms with Crippen molar-refractivity contribution in [2.45, 2.75) is 25.4 Å². The summed E-state index contributed by atoms with van der Waals surface area (Å²) in [5.41, 5.74) is 2.48. The summed E-state index contributed by atoms with van der Waals surface area (Å²) >= 11 is 0. The summed E-state index contributed by atoms with van der Waals surface area (Å²) in [7, 11) is 1.87. The van der Waals surface area contributed by atoms with Gasteiger partial charge in [-0.2, -0.15) is 0 Å². The van der Waals surface area contributed by atoms with Gasteiger partial charge in [0.1, 0.15) is 12.0 Å². The van der Waals surface area contributed by atoms with Crippen molar-refractivity contribution >= 4 is 11.6 Å². The van der Waals surface area contributed by atoms with Crippen LogP contribution in [0.2, 0.25) is 0 Å². The average molecular weight is 315 g/mol. The molecular weight excluding hydrogens is 294 g/mol. The summed E-state index contributed by atoms with van der Waals surface area (Å²) in [6.07, 6.45) is 3.35. The Morgan fingerprint density at radius 1 is 1.26 bits per heavy atom. The van der Waals surface area contributed by atoms with Crippen molar-refractivity contribution in [2.24, 2.45) is 0 Å². The molecule has 6 heteroatoms. The van der Waals surface area contributed by atoms with Crippen LogP contribution in [0, 0.1) is 0 Å². The molecule has 0 radical (unpaired) electrons. The van der Waals surface area contributed by atoms with Gasteiger partial charge in [-0.15, -0.1) is 0 Å². The zero-order valence-corrected chi connectivity index (χ0v) is 13.2. The molecule has 1 N–H and O–H groups in total. The van der Waals surface area contributed by atoms with Gasteiger partial charge in [0.05, 0.1) is 6.54 Å². The molecule has 1 fully saturated rings. The first-order valence-electron chi connectivity index (χ1n) is 7.82. The molecule has 1 aliphatic rings. The highest BCUT2D eigenvalue weighted by Gasteiger charge is 2.23. The topological polar surface area (TPSA) is 67.6 Å². The average Bonchev–Trinajstić information content (AvgIpc) is 3.13. The molecule has 1 amide bonds. The smallest absolute Gasteiger partial charge is 0.253 e. The molecule has 2 aromatic rings. The van der Waals surface area contributed by atoms with E-state index in [0.717, 1.165) is 37.4 Å². The van der Waals surface area contributed by atoms with Crippen molar-refractivity contribution in [3.8, 4) is 0 Å². The molecule has 23 heavy (non-hydrogen) atoms. The number of amides is 1. The predicted molar refractivity (Wildman–Crippen MR) is 86.2 cm³/mol. The van der Waals surface area contributed by atoms with Crippen LogP contribution < -0.4 is 5.32 Å². The molecule has 2 heterocycles. The Morgan fingerprint density at radius 2 is 2.00 bits per heavy atom. The number of aromatic nitrogens is 1. The summed E-state index contributed by atoms with van der Waals surface area (Å²) in [5.74, 6) is 0.0555. The Balaban J connectivity index is 1.58. The first kappa shape index (κ1) is 15.6. The van der Waals surface area contributed by atoms with Crippen LogP contribution in [0.4, 0.5) is 5.69 Å². The fourth-order valence-corrected chi connectivity index (χ4v) is 2.69. The highest BCUT2D eigenvalue weighted by Crippen LogP contribution is 2.17. The van der Waals surface area contributed by atoms with Crippen LogP contribution in [-0.2, 0) is 11.3 Å². The Kier molecular flexibility index (Phi) is 4.92. The number of nitrogens with one attached hydrogen (secondary N) is 1. The minimum absolute atomic E-state index is 0.0555. The van der Waals surface area contributed by atoms with Crippen LogP contribution in [0.3, 0.4) is 0 Å². The van der Waals surface area contributed by atoms with Gasteiger partial charge in [-0.25, -0.2) is 0 Å². The van der Waals surface area contributed by atoms with E-state index in [4.69, 9.17) is 9.26 Å². The maximum Gasteiger partial charge on any atom is 0.253 e. The van der Waals surface area contributed by atoms with Gasteiger partial charge in [-0.05, 0) is 37.1 Å². The second kappa shape index (κ2) is 7.28. The van der Waals surface area contributed by atoms with E-state index in [-0.39, 0.29) is 11.9 Å². The van der Waals surface area contributed by atoms with Crippen molar-refractivity contribution in [3.05, 3.63) is 47.9 Å². The van der Waals surface area contributed by atoms with E-state index >= 15 is 0 Å². The van der Waals surface area contributed by atoms with Gasteiger partial charge in [0.25, 0.3) is 5.91 Å². The number of ether oxygens (including phenoxy) is 1. The fourth-order valence-electron chi connectivity index (χ4n) is 2.69. The van der Waals surface area contributed by atoms with Crippen molar-refractivity contribution in [1.82, 2.24) is 10.1 Å². The van der Waals surface area contributed by atoms with Crippen LogP contribution in [0.15, 0.2) is 41.1 Å². The molecule has 1 aromatic heterocycles. The number of anilines is 1. The molecule has 0 unspecified atom stereocenters. The number of rotatable bonds is 5. The number of hydrogen-bond acceptors (Lipinski definition) is 5. The summed E-state index contributed by atoms with van der Waals surface area (Å²) in [5, 5.41) is 7.09. The van der Waals surface area contributed by atoms with Crippen LogP contribution >= 0.6 is 0 Å². The SMILES string of the molecule is CN(C(=O)c1ccc(NCc2ccon2)cc1)C1CCOCC1. The highest BCUT2D eigenvalue weighted by molar-refractivity contribution is 5.94. The number of hydrogen-bond donors (Lipinski definition) is 1. The Bertz CT molecular complexity index is 619. The second-order valence-electron chi connectivity index (χ2n) is 5.68. The molecule has 0 spiro atoms. The predicted octanol–water partition coefficient (Wildman–Crippen LogP) is 2.54. The van der Waals surface area contributed by atoms with Crippen LogP contribution in [0.1, 0.15) is 28.9 Å². The minimum atomic E-state index is 0.0555. The van der Waals surface area contributed by atoms with Gasteiger partial charge in [0, 0.05) is 43.6 Å². The molecule has 0 aliphatic carbocycles. The van der Waals surface area contributed by atoms with Gasteiger partial charge >= 0.3 is 0 Å². The van der Waals surface area contributed by atoms with E-state index in [1.165, 1.54) is 0 Å². The molecule has 1 aromatic carbocycles. The largest absolute Gasteiger partial charge is 0.381 e. The first-order valence-corrected chi connectivity index (χ1v) is 7.82. The number of carbonyl (C=O) groups excluding carboxylic acids is 1. The van der Waals surface area contributed by atoms with E-state index in [2.05, 4.69) is 10.5 Å². The standard InChI is InChI=1S/C17H21N3O3/c1-20(16-7-9-22-10-8-16)17(21)13-2-4-14(5-3-13)18-12-15-6-11-23-19-15/h2-6,11,16,18H,7-10,12H2,1H3. The lowest BCUT2D eigenvalue weighted by Crippen LogP contribution is -2.40. The van der Waals surface area contributed by atoms with Gasteiger partial charge in [0.2, 0.25) is 0 Å². The molecule has 0 saturated carbocycles. The van der Waals surface area contributed by atoms with Crippen molar-refractivity contribution in [3.63, 3.8) is 0 Å². The molecule has 3 rings (SSSR count). The third kappa shape index (κ3) is 3.90. The summed E-state index contributed by atoms with van der Waals surface area (Å²) in [4.78, 5) is 14.4.